The molecule has 20 heavy (non-hydrogen) atoms. The largest absolute Gasteiger partial charge is 0.481 e. The molecule has 0 atom stereocenters. The average Bonchev–Trinajstić information content (AvgIpc) is 2.44. The molecule has 0 fully saturated rings. The monoisotopic (exact) mass is 296 g/mol. The Bertz CT molecular complexity index is 435. The minimum atomic E-state index is -0.846. The molecular weight excluding hydrogens is 276 g/mol. The number of aliphatic carboxylic acids is 1. The zero-order chi connectivity index (χ0) is 14.8. The molecule has 5 nitrogen and oxygen atoms in total. The Balaban J connectivity index is 2.13. The van der Waals surface area contributed by atoms with Gasteiger partial charge < -0.3 is 15.7 Å². The van der Waals surface area contributed by atoms with Crippen molar-refractivity contribution in [3.63, 3.8) is 0 Å². The summed E-state index contributed by atoms with van der Waals surface area (Å²) in [7, 11) is 0. The number of urea groups is 1. The number of rotatable bonds is 8. The van der Waals surface area contributed by atoms with Crippen molar-refractivity contribution in [1.29, 1.82) is 0 Å². The van der Waals surface area contributed by atoms with Gasteiger partial charge in [0.2, 0.25) is 0 Å². The lowest BCUT2D eigenvalue weighted by atomic mass is 10.1. The lowest BCUT2D eigenvalue weighted by molar-refractivity contribution is -0.137. The van der Waals surface area contributed by atoms with E-state index in [0.29, 0.717) is 19.5 Å². The molecule has 110 valence electrons. The molecule has 3 N–H and O–H groups in total. The van der Waals surface area contributed by atoms with Gasteiger partial charge >= 0.3 is 12.0 Å². The fraction of sp³-hybridized carbons (Fsp3) is 0.429. The standard InChI is InChI=1S/C14H20N2O3S/c1-20-12-6-4-11(5-7-12)8-10-16-14(19)15-9-2-3-13(17)18/h4-7H,2-3,8-10H2,1H3,(H,17,18)(H2,15,16,19). The van der Waals surface area contributed by atoms with Crippen LogP contribution in [0.25, 0.3) is 0 Å². The number of benzene rings is 1. The Labute approximate surface area is 123 Å². The molecule has 0 saturated heterocycles. The Morgan fingerprint density at radius 2 is 1.80 bits per heavy atom. The van der Waals surface area contributed by atoms with Crippen molar-refractivity contribution in [1.82, 2.24) is 10.6 Å². The highest BCUT2D eigenvalue weighted by atomic mass is 32.2. The van der Waals surface area contributed by atoms with Gasteiger partial charge in [-0.3, -0.25) is 4.79 Å². The van der Waals surface area contributed by atoms with Crippen LogP contribution in [0.4, 0.5) is 4.79 Å². The second-order valence-electron chi connectivity index (χ2n) is 4.28. The Morgan fingerprint density at radius 3 is 2.40 bits per heavy atom. The van der Waals surface area contributed by atoms with Crippen molar-refractivity contribution in [2.24, 2.45) is 0 Å². The van der Waals surface area contributed by atoms with Crippen LogP contribution in [-0.2, 0) is 11.2 Å². The van der Waals surface area contributed by atoms with Gasteiger partial charge in [0.05, 0.1) is 0 Å². The highest BCUT2D eigenvalue weighted by Gasteiger charge is 2.01. The molecule has 1 aromatic carbocycles. The first-order chi connectivity index (χ1) is 9.61. The minimum absolute atomic E-state index is 0.0715. The van der Waals surface area contributed by atoms with Gasteiger partial charge in [0, 0.05) is 24.4 Å². The number of hydrogen-bond acceptors (Lipinski definition) is 3. The molecule has 0 aliphatic rings. The van der Waals surface area contributed by atoms with Crippen LogP contribution in [0.1, 0.15) is 18.4 Å². The molecule has 2 amide bonds. The maximum Gasteiger partial charge on any atom is 0.314 e. The first kappa shape index (κ1) is 16.4. The Morgan fingerprint density at radius 1 is 1.15 bits per heavy atom. The predicted octanol–water partition coefficient (Wildman–Crippen LogP) is 2.11. The fourth-order valence-corrected chi connectivity index (χ4v) is 2.02. The van der Waals surface area contributed by atoms with Crippen molar-refractivity contribution in [3.05, 3.63) is 29.8 Å². The maximum atomic E-state index is 11.4. The molecule has 0 aliphatic carbocycles. The number of carbonyl (C=O) groups excluding carboxylic acids is 1. The molecule has 1 aromatic rings. The molecule has 0 bridgehead atoms. The van der Waals surface area contributed by atoms with Crippen molar-refractivity contribution in [3.8, 4) is 0 Å². The van der Waals surface area contributed by atoms with Crippen LogP contribution in [0.15, 0.2) is 29.2 Å². The van der Waals surface area contributed by atoms with Crippen LogP contribution in [-0.4, -0.2) is 36.5 Å². The number of carboxylic acids is 1. The van der Waals surface area contributed by atoms with E-state index >= 15 is 0 Å². The van der Waals surface area contributed by atoms with E-state index in [1.54, 1.807) is 11.8 Å². The molecule has 0 spiro atoms. The summed E-state index contributed by atoms with van der Waals surface area (Å²) in [6.45, 7) is 0.934. The van der Waals surface area contributed by atoms with Crippen molar-refractivity contribution >= 4 is 23.8 Å². The van der Waals surface area contributed by atoms with Crippen LogP contribution >= 0.6 is 11.8 Å². The van der Waals surface area contributed by atoms with Gasteiger partial charge in [-0.15, -0.1) is 11.8 Å². The lowest BCUT2D eigenvalue weighted by Crippen LogP contribution is -2.37. The zero-order valence-corrected chi connectivity index (χ0v) is 12.3. The van der Waals surface area contributed by atoms with E-state index < -0.39 is 5.97 Å². The second-order valence-corrected chi connectivity index (χ2v) is 5.16. The smallest absolute Gasteiger partial charge is 0.314 e. The quantitative estimate of drug-likeness (QED) is 0.507. The third-order valence-corrected chi connectivity index (χ3v) is 3.45. The van der Waals surface area contributed by atoms with Crippen molar-refractivity contribution < 1.29 is 14.7 Å². The van der Waals surface area contributed by atoms with Crippen LogP contribution in [0, 0.1) is 0 Å². The van der Waals surface area contributed by atoms with Crippen LogP contribution < -0.4 is 10.6 Å². The summed E-state index contributed by atoms with van der Waals surface area (Å²) in [4.78, 5) is 22.9. The normalized spacial score (nSPS) is 10.1. The molecule has 0 radical (unpaired) electrons. The first-order valence-corrected chi connectivity index (χ1v) is 7.70. The number of amides is 2. The zero-order valence-electron chi connectivity index (χ0n) is 11.5. The van der Waals surface area contributed by atoms with Gasteiger partial charge in [-0.1, -0.05) is 12.1 Å². The van der Waals surface area contributed by atoms with E-state index in [1.807, 2.05) is 6.26 Å². The van der Waals surface area contributed by atoms with Crippen LogP contribution in [0.3, 0.4) is 0 Å². The summed E-state index contributed by atoms with van der Waals surface area (Å²) in [5.74, 6) is -0.846. The fourth-order valence-electron chi connectivity index (χ4n) is 1.62. The van der Waals surface area contributed by atoms with Gasteiger partial charge in [0.1, 0.15) is 0 Å². The van der Waals surface area contributed by atoms with Gasteiger partial charge in [-0.05, 0) is 36.8 Å². The third-order valence-electron chi connectivity index (χ3n) is 2.71. The molecular formula is C14H20N2O3S. The highest BCUT2D eigenvalue weighted by Crippen LogP contribution is 2.14. The number of hydrogen-bond donors (Lipinski definition) is 3. The van der Waals surface area contributed by atoms with Gasteiger partial charge in [-0.2, -0.15) is 0 Å². The highest BCUT2D eigenvalue weighted by molar-refractivity contribution is 7.98. The summed E-state index contributed by atoms with van der Waals surface area (Å²) in [5.41, 5.74) is 1.17. The van der Waals surface area contributed by atoms with E-state index in [-0.39, 0.29) is 12.5 Å². The number of nitrogens with one attached hydrogen (secondary N) is 2. The summed E-state index contributed by atoms with van der Waals surface area (Å²) < 4.78 is 0. The molecule has 0 aromatic heterocycles. The number of carbonyl (C=O) groups is 2. The van der Waals surface area contributed by atoms with Crippen LogP contribution in [0.5, 0.6) is 0 Å². The molecule has 0 saturated carbocycles. The van der Waals surface area contributed by atoms with Crippen molar-refractivity contribution in [2.75, 3.05) is 19.3 Å². The van der Waals surface area contributed by atoms with Crippen LogP contribution in [0.2, 0.25) is 0 Å². The van der Waals surface area contributed by atoms with Gasteiger partial charge in [-0.25, -0.2) is 4.79 Å². The van der Waals surface area contributed by atoms with E-state index in [1.165, 1.54) is 10.5 Å². The summed E-state index contributed by atoms with van der Waals surface area (Å²) in [6, 6.07) is 7.98. The summed E-state index contributed by atoms with van der Waals surface area (Å²) in [6.07, 6.45) is 3.32. The number of thioether (sulfide) groups is 1. The average molecular weight is 296 g/mol. The molecule has 1 rings (SSSR count). The molecule has 0 unspecified atom stereocenters. The molecule has 6 heteroatoms. The second kappa shape index (κ2) is 9.25. The van der Waals surface area contributed by atoms with E-state index in [4.69, 9.17) is 5.11 Å². The minimum Gasteiger partial charge on any atom is -0.481 e. The first-order valence-electron chi connectivity index (χ1n) is 6.48. The third kappa shape index (κ3) is 7.04. The summed E-state index contributed by atoms with van der Waals surface area (Å²) >= 11 is 1.70. The SMILES string of the molecule is CSc1ccc(CCNC(=O)NCCCC(=O)O)cc1. The predicted molar refractivity (Wildman–Crippen MR) is 80.2 cm³/mol. The number of carboxylic acid groups (broad SMARTS) is 1. The van der Waals surface area contributed by atoms with Gasteiger partial charge in [0.15, 0.2) is 0 Å². The van der Waals surface area contributed by atoms with E-state index in [0.717, 1.165) is 6.42 Å². The lowest BCUT2D eigenvalue weighted by Gasteiger charge is -2.07. The Hall–Kier alpha value is -1.69. The molecule has 0 heterocycles. The van der Waals surface area contributed by atoms with E-state index in [9.17, 15) is 9.59 Å². The summed E-state index contributed by atoms with van der Waals surface area (Å²) in [5, 5.41) is 13.8. The maximum absolute atomic E-state index is 11.4. The molecule has 0 aliphatic heterocycles. The topological polar surface area (TPSA) is 78.4 Å². The van der Waals surface area contributed by atoms with Crippen molar-refractivity contribution in [2.45, 2.75) is 24.2 Å². The Kier molecular flexibility index (Phi) is 7.57. The van der Waals surface area contributed by atoms with Gasteiger partial charge in [0.25, 0.3) is 0 Å². The van der Waals surface area contributed by atoms with E-state index in [2.05, 4.69) is 34.9 Å².